The molecule has 0 bridgehead atoms. The topological polar surface area (TPSA) is 45.0 Å². The van der Waals surface area contributed by atoms with Crippen LogP contribution in [0.1, 0.15) is 26.3 Å². The normalized spacial score (nSPS) is 13.8. The molecule has 0 radical (unpaired) electrons. The molecule has 0 aromatic heterocycles. The number of para-hydroxylation sites is 1. The molecule has 0 spiro atoms. The summed E-state index contributed by atoms with van der Waals surface area (Å²) in [6.45, 7) is 7.04. The maximum Gasteiger partial charge on any atom is 0.138 e. The van der Waals surface area contributed by atoms with Gasteiger partial charge in [-0.3, -0.25) is 5.32 Å². The Hall–Kier alpha value is -1.53. The molecule has 1 N–H and O–H groups in total. The fraction of sp³-hybridized carbons (Fsp3) is 0.500. The molecule has 3 heteroatoms. The van der Waals surface area contributed by atoms with Crippen LogP contribution in [0.3, 0.4) is 0 Å². The van der Waals surface area contributed by atoms with E-state index in [-0.39, 0.29) is 0 Å². The summed E-state index contributed by atoms with van der Waals surface area (Å²) in [4.78, 5) is 0. The highest BCUT2D eigenvalue weighted by molar-refractivity contribution is 5.33. The van der Waals surface area contributed by atoms with Crippen molar-refractivity contribution in [3.8, 4) is 11.8 Å². The molecule has 3 nitrogen and oxygen atoms in total. The summed E-state index contributed by atoms with van der Waals surface area (Å²) in [7, 11) is 0. The molecule has 17 heavy (non-hydrogen) atoms. The molecular weight excluding hydrogens is 212 g/mol. The summed E-state index contributed by atoms with van der Waals surface area (Å²) in [6, 6.07) is 10.2. The maximum absolute atomic E-state index is 9.13. The zero-order chi connectivity index (χ0) is 12.7. The molecule has 1 atom stereocenters. The number of nitriles is 1. The van der Waals surface area contributed by atoms with E-state index >= 15 is 0 Å². The van der Waals surface area contributed by atoms with Gasteiger partial charge in [-0.1, -0.05) is 32.0 Å². The van der Waals surface area contributed by atoms with E-state index in [0.29, 0.717) is 6.61 Å². The second-order valence-corrected chi connectivity index (χ2v) is 4.22. The third-order valence-corrected chi connectivity index (χ3v) is 2.68. The molecule has 0 aliphatic carbocycles. The predicted octanol–water partition coefficient (Wildman–Crippen LogP) is 2.52. The van der Waals surface area contributed by atoms with Crippen LogP contribution < -0.4 is 10.1 Å². The van der Waals surface area contributed by atoms with Crippen LogP contribution in [0.5, 0.6) is 5.75 Å². The minimum atomic E-state index is -0.629. The molecule has 1 rings (SSSR count). The highest BCUT2D eigenvalue weighted by Crippen LogP contribution is 2.19. The maximum atomic E-state index is 9.13. The van der Waals surface area contributed by atoms with E-state index in [9.17, 15) is 0 Å². The largest absolute Gasteiger partial charge is 0.490 e. The Kier molecular flexibility index (Phi) is 4.99. The second-order valence-electron chi connectivity index (χ2n) is 4.22. The van der Waals surface area contributed by atoms with Gasteiger partial charge >= 0.3 is 0 Å². The van der Waals surface area contributed by atoms with Crippen molar-refractivity contribution < 1.29 is 4.74 Å². The van der Waals surface area contributed by atoms with Crippen molar-refractivity contribution in [3.63, 3.8) is 0 Å². The third kappa shape index (κ3) is 3.76. The Morgan fingerprint density at radius 2 is 2.06 bits per heavy atom. The van der Waals surface area contributed by atoms with Crippen LogP contribution in [0.25, 0.3) is 0 Å². The van der Waals surface area contributed by atoms with E-state index in [0.717, 1.165) is 18.7 Å². The van der Waals surface area contributed by atoms with Gasteiger partial charge in [-0.15, -0.1) is 0 Å². The van der Waals surface area contributed by atoms with Gasteiger partial charge in [-0.2, -0.15) is 5.26 Å². The lowest BCUT2D eigenvalue weighted by Gasteiger charge is -2.23. The first-order valence-corrected chi connectivity index (χ1v) is 6.02. The van der Waals surface area contributed by atoms with Crippen molar-refractivity contribution in [2.45, 2.75) is 32.7 Å². The molecule has 0 aliphatic heterocycles. The molecule has 0 amide bonds. The minimum absolute atomic E-state index is 0.356. The van der Waals surface area contributed by atoms with Gasteiger partial charge in [0.1, 0.15) is 17.9 Å². The molecule has 0 saturated heterocycles. The smallest absolute Gasteiger partial charge is 0.138 e. The number of ether oxygens (including phenoxy) is 1. The summed E-state index contributed by atoms with van der Waals surface area (Å²) < 4.78 is 5.75. The zero-order valence-electron chi connectivity index (χ0n) is 10.8. The Bertz CT molecular complexity index is 397. The van der Waals surface area contributed by atoms with Crippen LogP contribution in [0.2, 0.25) is 0 Å². The van der Waals surface area contributed by atoms with Gasteiger partial charge in [0.15, 0.2) is 0 Å². The molecular formula is C14H20N2O. The summed E-state index contributed by atoms with van der Waals surface area (Å²) in [6.07, 6.45) is 0.931. The van der Waals surface area contributed by atoms with Crippen molar-refractivity contribution in [1.82, 2.24) is 5.32 Å². The summed E-state index contributed by atoms with van der Waals surface area (Å²) in [5, 5.41) is 12.3. The fourth-order valence-electron chi connectivity index (χ4n) is 1.67. The Morgan fingerprint density at radius 1 is 1.35 bits per heavy atom. The number of hydrogen-bond acceptors (Lipinski definition) is 3. The quantitative estimate of drug-likeness (QED) is 0.819. The van der Waals surface area contributed by atoms with Crippen LogP contribution in [0.4, 0.5) is 0 Å². The van der Waals surface area contributed by atoms with Gasteiger partial charge in [0.2, 0.25) is 0 Å². The van der Waals surface area contributed by atoms with Crippen LogP contribution in [0, 0.1) is 11.3 Å². The first kappa shape index (κ1) is 13.5. The third-order valence-electron chi connectivity index (χ3n) is 2.68. The Labute approximate surface area is 103 Å². The molecule has 0 aliphatic rings. The lowest BCUT2D eigenvalue weighted by Crippen LogP contribution is -2.46. The standard InChI is InChI=1S/C14H20N2O/c1-4-12-8-6-7-9-13(12)17-11-14(3,10-15)16-5-2/h6-9,16H,4-5,11H2,1-3H3. The monoisotopic (exact) mass is 232 g/mol. The van der Waals surface area contributed by atoms with E-state index in [1.807, 2.05) is 38.1 Å². The van der Waals surface area contributed by atoms with E-state index < -0.39 is 5.54 Å². The van der Waals surface area contributed by atoms with Crippen LogP contribution >= 0.6 is 0 Å². The van der Waals surface area contributed by atoms with E-state index in [1.54, 1.807) is 0 Å². The first-order valence-electron chi connectivity index (χ1n) is 6.02. The van der Waals surface area contributed by atoms with Gasteiger partial charge in [-0.25, -0.2) is 0 Å². The number of nitrogens with zero attached hydrogens (tertiary/aromatic N) is 1. The van der Waals surface area contributed by atoms with Crippen molar-refractivity contribution in [1.29, 1.82) is 5.26 Å². The van der Waals surface area contributed by atoms with Crippen molar-refractivity contribution >= 4 is 0 Å². The highest BCUT2D eigenvalue weighted by atomic mass is 16.5. The second kappa shape index (κ2) is 6.27. The molecule has 0 heterocycles. The zero-order valence-corrected chi connectivity index (χ0v) is 10.8. The molecule has 1 unspecified atom stereocenters. The Morgan fingerprint density at radius 3 is 2.65 bits per heavy atom. The summed E-state index contributed by atoms with van der Waals surface area (Å²) >= 11 is 0. The molecule has 1 aromatic rings. The first-order chi connectivity index (χ1) is 8.15. The molecule has 0 fully saturated rings. The van der Waals surface area contributed by atoms with E-state index in [1.165, 1.54) is 5.56 Å². The van der Waals surface area contributed by atoms with Crippen molar-refractivity contribution in [3.05, 3.63) is 29.8 Å². The van der Waals surface area contributed by atoms with Crippen molar-refractivity contribution in [2.75, 3.05) is 13.2 Å². The average Bonchev–Trinajstić information content (AvgIpc) is 2.37. The van der Waals surface area contributed by atoms with Crippen LogP contribution in [-0.2, 0) is 6.42 Å². The average molecular weight is 232 g/mol. The van der Waals surface area contributed by atoms with Gasteiger partial charge in [0.25, 0.3) is 0 Å². The highest BCUT2D eigenvalue weighted by Gasteiger charge is 2.23. The van der Waals surface area contributed by atoms with Crippen LogP contribution in [-0.4, -0.2) is 18.7 Å². The number of aryl methyl sites for hydroxylation is 1. The minimum Gasteiger partial charge on any atom is -0.490 e. The number of hydrogen-bond donors (Lipinski definition) is 1. The Balaban J connectivity index is 2.69. The molecule has 0 saturated carbocycles. The van der Waals surface area contributed by atoms with E-state index in [4.69, 9.17) is 10.00 Å². The van der Waals surface area contributed by atoms with Crippen LogP contribution in [0.15, 0.2) is 24.3 Å². The predicted molar refractivity (Wildman–Crippen MR) is 69.0 cm³/mol. The molecule has 92 valence electrons. The number of nitrogens with one attached hydrogen (secondary N) is 1. The number of likely N-dealkylation sites (N-methyl/N-ethyl adjacent to an activating group) is 1. The van der Waals surface area contributed by atoms with Gasteiger partial charge in [0, 0.05) is 0 Å². The van der Waals surface area contributed by atoms with Crippen molar-refractivity contribution in [2.24, 2.45) is 0 Å². The summed E-state index contributed by atoms with van der Waals surface area (Å²) in [5.74, 6) is 0.870. The number of benzene rings is 1. The molecule has 1 aromatic carbocycles. The lowest BCUT2D eigenvalue weighted by molar-refractivity contribution is 0.234. The summed E-state index contributed by atoms with van der Waals surface area (Å²) in [5.41, 5.74) is 0.541. The van der Waals surface area contributed by atoms with Gasteiger partial charge in [0.05, 0.1) is 6.07 Å². The SMILES string of the molecule is CCNC(C)(C#N)COc1ccccc1CC. The van der Waals surface area contributed by atoms with Gasteiger partial charge in [-0.05, 0) is 31.5 Å². The number of rotatable bonds is 6. The van der Waals surface area contributed by atoms with E-state index in [2.05, 4.69) is 18.3 Å². The lowest BCUT2D eigenvalue weighted by atomic mass is 10.1. The van der Waals surface area contributed by atoms with Gasteiger partial charge < -0.3 is 4.74 Å². The fourth-order valence-corrected chi connectivity index (χ4v) is 1.67.